The molecule has 0 aliphatic heterocycles. The Hall–Kier alpha value is -3.84. The van der Waals surface area contributed by atoms with Crippen molar-refractivity contribution >= 4 is 29.1 Å². The van der Waals surface area contributed by atoms with Crippen LogP contribution in [0.4, 0.5) is 17.1 Å². The van der Waals surface area contributed by atoms with Gasteiger partial charge in [0.25, 0.3) is 5.70 Å². The lowest BCUT2D eigenvalue weighted by Crippen LogP contribution is -2.09. The standard InChI is InChI=1S/C24H20N2O2/c1-17-4-10-20(11-5-17)26(21-12-6-18(2)7-13-21)22-14-8-19(9-15-22)16-23(25-3)24(27)28/h4-16H,1-2H3,(H,27,28)/b23-16-. The van der Waals surface area contributed by atoms with Crippen molar-refractivity contribution in [1.82, 2.24) is 0 Å². The monoisotopic (exact) mass is 368 g/mol. The van der Waals surface area contributed by atoms with Gasteiger partial charge in [-0.15, -0.1) is 0 Å². The zero-order valence-electron chi connectivity index (χ0n) is 15.8. The number of aryl methyl sites for hydroxylation is 2. The van der Waals surface area contributed by atoms with Gasteiger partial charge in [0.2, 0.25) is 0 Å². The van der Waals surface area contributed by atoms with E-state index in [1.807, 2.05) is 24.3 Å². The molecule has 28 heavy (non-hydrogen) atoms. The van der Waals surface area contributed by atoms with Crippen LogP contribution in [0.3, 0.4) is 0 Å². The summed E-state index contributed by atoms with van der Waals surface area (Å²) in [6.07, 6.45) is 1.38. The summed E-state index contributed by atoms with van der Waals surface area (Å²) in [5.74, 6) is -1.22. The van der Waals surface area contributed by atoms with Crippen LogP contribution in [0, 0.1) is 20.4 Å². The molecule has 0 saturated carbocycles. The van der Waals surface area contributed by atoms with E-state index in [0.717, 1.165) is 17.1 Å². The van der Waals surface area contributed by atoms with E-state index in [-0.39, 0.29) is 5.70 Å². The number of nitrogens with zero attached hydrogens (tertiary/aromatic N) is 2. The number of anilines is 3. The van der Waals surface area contributed by atoms with Gasteiger partial charge in [0, 0.05) is 17.1 Å². The van der Waals surface area contributed by atoms with Gasteiger partial charge in [-0.05, 0) is 61.9 Å². The van der Waals surface area contributed by atoms with Crippen LogP contribution in [0.5, 0.6) is 0 Å². The minimum absolute atomic E-state index is 0.304. The number of rotatable bonds is 5. The quantitative estimate of drug-likeness (QED) is 0.436. The van der Waals surface area contributed by atoms with Crippen molar-refractivity contribution in [1.29, 1.82) is 0 Å². The van der Waals surface area contributed by atoms with E-state index in [0.29, 0.717) is 5.56 Å². The lowest BCUT2D eigenvalue weighted by Gasteiger charge is -2.26. The zero-order chi connectivity index (χ0) is 20.1. The molecule has 0 aliphatic rings. The molecule has 4 nitrogen and oxygen atoms in total. The molecule has 0 fully saturated rings. The Morgan fingerprint density at radius 2 is 1.21 bits per heavy atom. The first-order valence-electron chi connectivity index (χ1n) is 8.84. The van der Waals surface area contributed by atoms with Crippen LogP contribution < -0.4 is 4.90 Å². The second-order valence-electron chi connectivity index (χ2n) is 6.54. The minimum Gasteiger partial charge on any atom is -0.486 e. The minimum atomic E-state index is -1.22. The maximum Gasteiger partial charge on any atom is 0.333 e. The van der Waals surface area contributed by atoms with Crippen LogP contribution >= 0.6 is 0 Å². The number of carboxylic acids is 1. The molecule has 0 amide bonds. The first-order valence-corrected chi connectivity index (χ1v) is 8.84. The predicted octanol–water partition coefficient (Wildman–Crippen LogP) is 6.12. The molecular weight excluding hydrogens is 348 g/mol. The number of aliphatic carboxylic acids is 1. The summed E-state index contributed by atoms with van der Waals surface area (Å²) in [6.45, 7) is 11.1. The van der Waals surface area contributed by atoms with Crippen molar-refractivity contribution < 1.29 is 9.90 Å². The van der Waals surface area contributed by atoms with E-state index < -0.39 is 5.97 Å². The van der Waals surface area contributed by atoms with Crippen LogP contribution in [-0.4, -0.2) is 11.1 Å². The number of hydrogen-bond donors (Lipinski definition) is 1. The van der Waals surface area contributed by atoms with Gasteiger partial charge >= 0.3 is 5.97 Å². The van der Waals surface area contributed by atoms with Crippen LogP contribution in [0.2, 0.25) is 0 Å². The average Bonchev–Trinajstić information content (AvgIpc) is 2.70. The number of hydrogen-bond acceptors (Lipinski definition) is 2. The topological polar surface area (TPSA) is 44.9 Å². The van der Waals surface area contributed by atoms with Crippen molar-refractivity contribution in [2.45, 2.75) is 13.8 Å². The molecule has 0 heterocycles. The summed E-state index contributed by atoms with van der Waals surface area (Å²) >= 11 is 0. The van der Waals surface area contributed by atoms with Gasteiger partial charge < -0.3 is 10.0 Å². The fourth-order valence-electron chi connectivity index (χ4n) is 2.85. The SMILES string of the molecule is [C-]#[N+]/C(=C\c1ccc(N(c2ccc(C)cc2)c2ccc(C)cc2)cc1)C(=O)O. The molecule has 3 rings (SSSR count). The van der Waals surface area contributed by atoms with E-state index in [1.165, 1.54) is 17.2 Å². The Morgan fingerprint density at radius 1 is 0.821 bits per heavy atom. The molecule has 0 saturated heterocycles. The summed E-state index contributed by atoms with van der Waals surface area (Å²) in [5, 5.41) is 9.03. The lowest BCUT2D eigenvalue weighted by molar-refractivity contribution is -0.132. The fraction of sp³-hybridized carbons (Fsp3) is 0.0833. The molecule has 0 aromatic heterocycles. The van der Waals surface area contributed by atoms with Gasteiger partial charge in [0.1, 0.15) is 0 Å². The summed E-state index contributed by atoms with van der Waals surface area (Å²) in [4.78, 5) is 16.2. The van der Waals surface area contributed by atoms with E-state index in [1.54, 1.807) is 0 Å². The number of carboxylic acid groups (broad SMARTS) is 1. The molecule has 0 spiro atoms. The van der Waals surface area contributed by atoms with E-state index in [9.17, 15) is 4.79 Å². The third kappa shape index (κ3) is 4.28. The molecule has 0 unspecified atom stereocenters. The first-order chi connectivity index (χ1) is 13.5. The highest BCUT2D eigenvalue weighted by Crippen LogP contribution is 2.34. The Kier molecular flexibility index (Phi) is 5.57. The maximum atomic E-state index is 11.0. The van der Waals surface area contributed by atoms with Gasteiger partial charge in [0.15, 0.2) is 0 Å². The largest absolute Gasteiger partial charge is 0.486 e. The van der Waals surface area contributed by atoms with Crippen molar-refractivity contribution in [3.8, 4) is 0 Å². The van der Waals surface area contributed by atoms with E-state index >= 15 is 0 Å². The average molecular weight is 368 g/mol. The second-order valence-corrected chi connectivity index (χ2v) is 6.54. The third-order valence-electron chi connectivity index (χ3n) is 4.38. The smallest absolute Gasteiger partial charge is 0.333 e. The van der Waals surface area contributed by atoms with Crippen molar-refractivity contribution in [3.05, 3.63) is 107 Å². The Balaban J connectivity index is 2.03. The second kappa shape index (κ2) is 8.24. The van der Waals surface area contributed by atoms with Crippen molar-refractivity contribution in [2.75, 3.05) is 4.90 Å². The molecule has 138 valence electrons. The maximum absolute atomic E-state index is 11.0. The van der Waals surface area contributed by atoms with Crippen LogP contribution in [0.25, 0.3) is 10.9 Å². The van der Waals surface area contributed by atoms with Gasteiger partial charge in [-0.2, -0.15) is 0 Å². The third-order valence-corrected chi connectivity index (χ3v) is 4.38. The van der Waals surface area contributed by atoms with Gasteiger partial charge in [0.05, 0.1) is 6.57 Å². The molecule has 0 atom stereocenters. The zero-order valence-corrected chi connectivity index (χ0v) is 15.8. The first kappa shape index (κ1) is 18.9. The predicted molar refractivity (Wildman–Crippen MR) is 113 cm³/mol. The molecule has 3 aromatic rings. The molecule has 1 N–H and O–H groups in total. The van der Waals surface area contributed by atoms with Crippen LogP contribution in [-0.2, 0) is 4.79 Å². The molecule has 3 aromatic carbocycles. The number of carbonyl (C=O) groups is 1. The summed E-state index contributed by atoms with van der Waals surface area (Å²) in [7, 11) is 0. The summed E-state index contributed by atoms with van der Waals surface area (Å²) in [5.41, 5.74) is 5.76. The van der Waals surface area contributed by atoms with Crippen molar-refractivity contribution in [3.63, 3.8) is 0 Å². The lowest BCUT2D eigenvalue weighted by atomic mass is 10.1. The molecule has 0 radical (unpaired) electrons. The van der Waals surface area contributed by atoms with Gasteiger partial charge in [-0.3, -0.25) is 4.79 Å². The normalized spacial score (nSPS) is 11.0. The fourth-order valence-corrected chi connectivity index (χ4v) is 2.85. The van der Waals surface area contributed by atoms with E-state index in [2.05, 4.69) is 72.1 Å². The Labute approximate surface area is 164 Å². The molecule has 4 heteroatoms. The van der Waals surface area contributed by atoms with Crippen molar-refractivity contribution in [2.24, 2.45) is 0 Å². The highest BCUT2D eigenvalue weighted by atomic mass is 16.4. The van der Waals surface area contributed by atoms with Crippen LogP contribution in [0.15, 0.2) is 78.5 Å². The molecule has 0 aliphatic carbocycles. The van der Waals surface area contributed by atoms with Gasteiger partial charge in [-0.25, -0.2) is 4.85 Å². The summed E-state index contributed by atoms with van der Waals surface area (Å²) in [6, 6.07) is 24.1. The summed E-state index contributed by atoms with van der Waals surface area (Å²) < 4.78 is 0. The molecular formula is C24H20N2O2. The highest BCUT2D eigenvalue weighted by Gasteiger charge is 2.12. The van der Waals surface area contributed by atoms with E-state index in [4.69, 9.17) is 11.7 Å². The molecule has 0 bridgehead atoms. The Morgan fingerprint density at radius 3 is 1.57 bits per heavy atom. The number of benzene rings is 3. The van der Waals surface area contributed by atoms with Crippen LogP contribution in [0.1, 0.15) is 16.7 Å². The Bertz CT molecular complexity index is 996. The van der Waals surface area contributed by atoms with Gasteiger partial charge in [-0.1, -0.05) is 47.5 Å². The highest BCUT2D eigenvalue weighted by molar-refractivity contribution is 5.94.